The maximum atomic E-state index is 9.20. The Hall–Kier alpha value is -1.20. The molecule has 0 atom stereocenters. The second-order valence-corrected chi connectivity index (χ2v) is 4.54. The van der Waals surface area contributed by atoms with Crippen molar-refractivity contribution < 1.29 is 4.74 Å². The lowest BCUT2D eigenvalue weighted by molar-refractivity contribution is 0.231. The topological polar surface area (TPSA) is 33.0 Å². The molecule has 1 aromatic carbocycles. The number of para-hydroxylation sites is 1. The Morgan fingerprint density at radius 2 is 1.94 bits per heavy atom. The smallest absolute Gasteiger partial charge is 0.137 e. The summed E-state index contributed by atoms with van der Waals surface area (Å²) < 4.78 is 5.61. The van der Waals surface area contributed by atoms with Gasteiger partial charge in [0.15, 0.2) is 0 Å². The molecule has 3 heteroatoms. The van der Waals surface area contributed by atoms with Gasteiger partial charge in [-0.05, 0) is 25.0 Å². The zero-order valence-corrected chi connectivity index (χ0v) is 11.1. The fourth-order valence-corrected chi connectivity index (χ4v) is 1.93. The first-order valence-electron chi connectivity index (χ1n) is 5.96. The largest absolute Gasteiger partial charge is 0.492 e. The summed E-state index contributed by atoms with van der Waals surface area (Å²) in [6.45, 7) is 4.61. The number of ether oxygens (including phenoxy) is 1. The van der Waals surface area contributed by atoms with E-state index in [1.54, 1.807) is 6.07 Å². The van der Waals surface area contributed by atoms with Crippen molar-refractivity contribution in [2.24, 2.45) is 5.41 Å². The van der Waals surface area contributed by atoms with Crippen LogP contribution in [0.25, 0.3) is 0 Å². The number of hydrogen-bond acceptors (Lipinski definition) is 2. The quantitative estimate of drug-likeness (QED) is 0.749. The molecule has 0 aliphatic carbocycles. The maximum Gasteiger partial charge on any atom is 0.137 e. The third-order valence-corrected chi connectivity index (χ3v) is 3.58. The van der Waals surface area contributed by atoms with E-state index in [0.29, 0.717) is 17.4 Å². The van der Waals surface area contributed by atoms with Crippen LogP contribution in [-0.2, 0) is 0 Å². The molecular formula is C14H18ClNO. The van der Waals surface area contributed by atoms with Crippen molar-refractivity contribution in [2.75, 3.05) is 6.61 Å². The Morgan fingerprint density at radius 1 is 1.29 bits per heavy atom. The summed E-state index contributed by atoms with van der Waals surface area (Å²) in [6, 6.07) is 9.80. The molecule has 92 valence electrons. The molecule has 0 heterocycles. The monoisotopic (exact) mass is 251 g/mol. The fraction of sp³-hybridized carbons (Fsp3) is 0.500. The van der Waals surface area contributed by atoms with Crippen LogP contribution in [0.15, 0.2) is 24.3 Å². The van der Waals surface area contributed by atoms with E-state index in [-0.39, 0.29) is 5.41 Å². The molecule has 0 saturated carbocycles. The molecule has 0 amide bonds. The molecule has 17 heavy (non-hydrogen) atoms. The lowest BCUT2D eigenvalue weighted by atomic mass is 9.81. The summed E-state index contributed by atoms with van der Waals surface area (Å²) in [6.07, 6.45) is 2.44. The van der Waals surface area contributed by atoms with E-state index >= 15 is 0 Å². The molecule has 1 rings (SSSR count). The molecular weight excluding hydrogens is 234 g/mol. The molecule has 0 fully saturated rings. The first kappa shape index (κ1) is 13.9. The molecule has 0 radical (unpaired) electrons. The van der Waals surface area contributed by atoms with Gasteiger partial charge in [0.25, 0.3) is 0 Å². The first-order valence-corrected chi connectivity index (χ1v) is 6.34. The van der Waals surface area contributed by atoms with Crippen LogP contribution in [0, 0.1) is 16.7 Å². The van der Waals surface area contributed by atoms with Crippen LogP contribution in [0.1, 0.15) is 33.1 Å². The second kappa shape index (κ2) is 6.51. The van der Waals surface area contributed by atoms with Crippen molar-refractivity contribution in [3.8, 4) is 11.8 Å². The van der Waals surface area contributed by atoms with Gasteiger partial charge in [-0.3, -0.25) is 0 Å². The Morgan fingerprint density at radius 3 is 2.47 bits per heavy atom. The van der Waals surface area contributed by atoms with Gasteiger partial charge in [-0.15, -0.1) is 0 Å². The number of benzene rings is 1. The van der Waals surface area contributed by atoms with Gasteiger partial charge in [-0.25, -0.2) is 0 Å². The Balaban J connectivity index is 2.53. The van der Waals surface area contributed by atoms with Crippen LogP contribution < -0.4 is 4.74 Å². The number of hydrogen-bond donors (Lipinski definition) is 0. The molecule has 1 aromatic rings. The zero-order valence-electron chi connectivity index (χ0n) is 10.4. The summed E-state index contributed by atoms with van der Waals surface area (Å²) in [5.74, 6) is 0.688. The molecule has 0 aliphatic heterocycles. The molecule has 2 nitrogen and oxygen atoms in total. The van der Waals surface area contributed by atoms with Crippen LogP contribution in [0.4, 0.5) is 0 Å². The van der Waals surface area contributed by atoms with E-state index < -0.39 is 0 Å². The summed E-state index contributed by atoms with van der Waals surface area (Å²) in [7, 11) is 0. The summed E-state index contributed by atoms with van der Waals surface area (Å²) in [5, 5.41) is 9.81. The maximum absolute atomic E-state index is 9.20. The van der Waals surface area contributed by atoms with Gasteiger partial charge in [-0.1, -0.05) is 37.6 Å². The van der Waals surface area contributed by atoms with E-state index in [1.165, 1.54) is 0 Å². The molecule has 0 spiro atoms. The highest BCUT2D eigenvalue weighted by atomic mass is 35.5. The van der Waals surface area contributed by atoms with Crippen LogP contribution in [0.5, 0.6) is 5.75 Å². The lowest BCUT2D eigenvalue weighted by Crippen LogP contribution is -2.19. The highest BCUT2D eigenvalue weighted by molar-refractivity contribution is 6.32. The van der Waals surface area contributed by atoms with E-state index in [2.05, 4.69) is 6.07 Å². The molecule has 0 aliphatic rings. The normalized spacial score (nSPS) is 10.9. The van der Waals surface area contributed by atoms with E-state index in [9.17, 15) is 5.26 Å². The third kappa shape index (κ3) is 3.64. The van der Waals surface area contributed by atoms with Gasteiger partial charge in [0.2, 0.25) is 0 Å². The standard InChI is InChI=1S/C14H18ClNO/c1-3-14(4-2,11-16)9-10-17-13-8-6-5-7-12(13)15/h5-8H,3-4,9-10H2,1-2H3. The Bertz CT molecular complexity index is 393. The van der Waals surface area contributed by atoms with Gasteiger partial charge >= 0.3 is 0 Å². The van der Waals surface area contributed by atoms with Crippen LogP contribution in [0.3, 0.4) is 0 Å². The molecule has 0 aromatic heterocycles. The second-order valence-electron chi connectivity index (χ2n) is 4.13. The molecule has 0 bridgehead atoms. The predicted molar refractivity (Wildman–Crippen MR) is 70.2 cm³/mol. The minimum Gasteiger partial charge on any atom is -0.492 e. The number of nitrogens with zero attached hydrogens (tertiary/aromatic N) is 1. The highest BCUT2D eigenvalue weighted by Crippen LogP contribution is 2.30. The Kier molecular flexibility index (Phi) is 5.31. The Labute approximate surface area is 108 Å². The first-order chi connectivity index (χ1) is 8.17. The van der Waals surface area contributed by atoms with Gasteiger partial charge < -0.3 is 4.74 Å². The zero-order chi connectivity index (χ0) is 12.7. The summed E-state index contributed by atoms with van der Waals surface area (Å²) in [4.78, 5) is 0. The SMILES string of the molecule is CCC(C#N)(CC)CCOc1ccccc1Cl. The molecule has 0 N–H and O–H groups in total. The lowest BCUT2D eigenvalue weighted by Gasteiger charge is -2.23. The van der Waals surface area contributed by atoms with Crippen LogP contribution in [0.2, 0.25) is 5.02 Å². The molecule has 0 unspecified atom stereocenters. The average molecular weight is 252 g/mol. The number of rotatable bonds is 6. The van der Waals surface area contributed by atoms with Gasteiger partial charge in [0.1, 0.15) is 5.75 Å². The van der Waals surface area contributed by atoms with Gasteiger partial charge in [0.05, 0.1) is 23.1 Å². The van der Waals surface area contributed by atoms with Crippen molar-refractivity contribution in [1.29, 1.82) is 5.26 Å². The number of halogens is 1. The van der Waals surface area contributed by atoms with Crippen LogP contribution >= 0.6 is 11.6 Å². The van der Waals surface area contributed by atoms with Crippen LogP contribution in [-0.4, -0.2) is 6.61 Å². The van der Waals surface area contributed by atoms with E-state index in [0.717, 1.165) is 19.3 Å². The predicted octanol–water partition coefficient (Wildman–Crippen LogP) is 4.44. The molecule has 0 saturated heterocycles. The summed E-state index contributed by atoms with van der Waals surface area (Å²) in [5.41, 5.74) is -0.263. The van der Waals surface area contributed by atoms with Crippen molar-refractivity contribution >= 4 is 11.6 Å². The van der Waals surface area contributed by atoms with Crippen molar-refractivity contribution in [3.05, 3.63) is 29.3 Å². The minimum atomic E-state index is -0.263. The van der Waals surface area contributed by atoms with Crippen molar-refractivity contribution in [2.45, 2.75) is 33.1 Å². The summed E-state index contributed by atoms with van der Waals surface area (Å²) >= 11 is 5.99. The van der Waals surface area contributed by atoms with Crippen molar-refractivity contribution in [1.82, 2.24) is 0 Å². The van der Waals surface area contributed by atoms with Gasteiger partial charge in [0, 0.05) is 6.42 Å². The van der Waals surface area contributed by atoms with Gasteiger partial charge in [-0.2, -0.15) is 5.26 Å². The van der Waals surface area contributed by atoms with Crippen molar-refractivity contribution in [3.63, 3.8) is 0 Å². The minimum absolute atomic E-state index is 0.263. The highest BCUT2D eigenvalue weighted by Gasteiger charge is 2.25. The van der Waals surface area contributed by atoms with E-state index in [1.807, 2.05) is 32.0 Å². The number of nitriles is 1. The average Bonchev–Trinajstić information content (AvgIpc) is 2.37. The van der Waals surface area contributed by atoms with E-state index in [4.69, 9.17) is 16.3 Å². The third-order valence-electron chi connectivity index (χ3n) is 3.27. The fourth-order valence-electron chi connectivity index (χ4n) is 1.74.